The van der Waals surface area contributed by atoms with Crippen LogP contribution in [0.15, 0.2) is 60.8 Å². The molecule has 2 nitrogen and oxygen atoms in total. The van der Waals surface area contributed by atoms with E-state index in [0.29, 0.717) is 0 Å². The lowest BCUT2D eigenvalue weighted by Gasteiger charge is -2.10. The van der Waals surface area contributed by atoms with Gasteiger partial charge in [-0.3, -0.25) is 0 Å². The molecule has 0 N–H and O–H groups in total. The summed E-state index contributed by atoms with van der Waals surface area (Å²) in [6.45, 7) is 0. The van der Waals surface area contributed by atoms with Crippen LogP contribution in [0, 0.1) is 0 Å². The lowest BCUT2D eigenvalue weighted by Crippen LogP contribution is -1.97. The molecular weight excluding hydrogens is 258 g/mol. The highest BCUT2D eigenvalue weighted by Gasteiger charge is 2.36. The zero-order valence-electron chi connectivity index (χ0n) is 11.8. The molecule has 0 radical (unpaired) electrons. The maximum absolute atomic E-state index is 6.00. The first kappa shape index (κ1) is 11.4. The summed E-state index contributed by atoms with van der Waals surface area (Å²) in [6.07, 6.45) is 6.87. The molecule has 1 aromatic heterocycles. The molecule has 0 saturated carbocycles. The van der Waals surface area contributed by atoms with Gasteiger partial charge in [0, 0.05) is 29.8 Å². The zero-order chi connectivity index (χ0) is 14.0. The normalized spacial score (nSPS) is 22.1. The van der Waals surface area contributed by atoms with Crippen LogP contribution < -0.4 is 0 Å². The van der Waals surface area contributed by atoms with Gasteiger partial charge in [0.05, 0.1) is 5.52 Å². The van der Waals surface area contributed by atoms with Crippen molar-refractivity contribution < 1.29 is 4.74 Å². The van der Waals surface area contributed by atoms with Crippen molar-refractivity contribution in [1.82, 2.24) is 4.57 Å². The third kappa shape index (κ3) is 1.40. The van der Waals surface area contributed by atoms with Gasteiger partial charge in [-0.2, -0.15) is 0 Å². The maximum Gasteiger partial charge on any atom is 0.104 e. The summed E-state index contributed by atoms with van der Waals surface area (Å²) in [6, 6.07) is 15.1. The highest BCUT2D eigenvalue weighted by Crippen LogP contribution is 2.49. The fourth-order valence-electron chi connectivity index (χ4n) is 3.74. The van der Waals surface area contributed by atoms with E-state index in [1.807, 2.05) is 0 Å². The number of nitrogens with zero attached hydrogens (tertiary/aromatic N) is 1. The van der Waals surface area contributed by atoms with Gasteiger partial charge in [0.2, 0.25) is 0 Å². The number of hydrogen-bond donors (Lipinski definition) is 0. The number of hydrogen-bond acceptors (Lipinski definition) is 1. The minimum Gasteiger partial charge on any atom is -0.357 e. The predicted molar refractivity (Wildman–Crippen MR) is 84.1 cm³/mol. The predicted octanol–water partition coefficient (Wildman–Crippen LogP) is 4.53. The number of ether oxygens (including phenoxy) is 1. The quantitative estimate of drug-likeness (QED) is 0.594. The van der Waals surface area contributed by atoms with Crippen LogP contribution in [0.3, 0.4) is 0 Å². The van der Waals surface area contributed by atoms with Gasteiger partial charge in [-0.05, 0) is 11.1 Å². The molecule has 0 amide bonds. The molecule has 0 fully saturated rings. The van der Waals surface area contributed by atoms with Crippen molar-refractivity contribution in [3.8, 4) is 11.1 Å². The molecule has 2 bridgehead atoms. The molecule has 0 aliphatic carbocycles. The van der Waals surface area contributed by atoms with Gasteiger partial charge >= 0.3 is 0 Å². The van der Waals surface area contributed by atoms with Crippen molar-refractivity contribution in [2.45, 2.75) is 12.2 Å². The number of rotatable bonds is 1. The van der Waals surface area contributed by atoms with Crippen LogP contribution in [0.2, 0.25) is 0 Å². The topological polar surface area (TPSA) is 14.2 Å². The van der Waals surface area contributed by atoms with E-state index < -0.39 is 0 Å². The lowest BCUT2D eigenvalue weighted by atomic mass is 9.93. The molecule has 102 valence electrons. The van der Waals surface area contributed by atoms with E-state index in [0.717, 1.165) is 0 Å². The van der Waals surface area contributed by atoms with E-state index >= 15 is 0 Å². The Bertz CT molecular complexity index is 889. The van der Waals surface area contributed by atoms with E-state index in [9.17, 15) is 0 Å². The molecule has 2 aliphatic rings. The van der Waals surface area contributed by atoms with Crippen LogP contribution >= 0.6 is 0 Å². The van der Waals surface area contributed by atoms with Crippen LogP contribution in [0.1, 0.15) is 23.3 Å². The molecule has 2 aromatic carbocycles. The first-order chi connectivity index (χ1) is 10.3. The van der Waals surface area contributed by atoms with Gasteiger partial charge in [-0.1, -0.05) is 54.6 Å². The Morgan fingerprint density at radius 2 is 1.76 bits per heavy atom. The van der Waals surface area contributed by atoms with Crippen LogP contribution in [0.4, 0.5) is 0 Å². The number of fused-ring (bicyclic) bond motifs is 7. The SMILES string of the molecule is Cn1cc(-c2ccccc2)c2ccc3c(c21)C1C=CC3O1. The Hall–Kier alpha value is -2.32. The first-order valence-electron chi connectivity index (χ1n) is 7.34. The minimum atomic E-state index is 0.130. The molecule has 5 rings (SSSR count). The summed E-state index contributed by atoms with van der Waals surface area (Å²) < 4.78 is 8.24. The average Bonchev–Trinajstić information content (AvgIpc) is 3.21. The lowest BCUT2D eigenvalue weighted by molar-refractivity contribution is 0.0882. The molecule has 2 unspecified atom stereocenters. The molecule has 2 heteroatoms. The van der Waals surface area contributed by atoms with E-state index in [4.69, 9.17) is 4.74 Å². The van der Waals surface area contributed by atoms with Crippen molar-refractivity contribution >= 4 is 10.9 Å². The van der Waals surface area contributed by atoms with Gasteiger partial charge in [0.1, 0.15) is 12.2 Å². The van der Waals surface area contributed by atoms with Crippen LogP contribution in [0.5, 0.6) is 0 Å². The van der Waals surface area contributed by atoms with E-state index in [1.165, 1.54) is 33.2 Å². The van der Waals surface area contributed by atoms with E-state index in [2.05, 4.69) is 72.4 Å². The van der Waals surface area contributed by atoms with Gasteiger partial charge in [0.25, 0.3) is 0 Å². The molecule has 0 saturated heterocycles. The third-order valence-electron chi connectivity index (χ3n) is 4.65. The second-order valence-corrected chi connectivity index (χ2v) is 5.85. The summed E-state index contributed by atoms with van der Waals surface area (Å²) in [5, 5.41) is 1.31. The van der Waals surface area contributed by atoms with Crippen LogP contribution in [0.25, 0.3) is 22.0 Å². The molecule has 2 atom stereocenters. The highest BCUT2D eigenvalue weighted by atomic mass is 16.5. The van der Waals surface area contributed by atoms with Crippen molar-refractivity contribution in [3.05, 3.63) is 71.9 Å². The number of benzene rings is 2. The number of aromatic nitrogens is 1. The summed E-state index contributed by atoms with van der Waals surface area (Å²) in [5.74, 6) is 0. The summed E-state index contributed by atoms with van der Waals surface area (Å²) in [4.78, 5) is 0. The largest absolute Gasteiger partial charge is 0.357 e. The molecule has 0 spiro atoms. The fraction of sp³-hybridized carbons (Fsp3) is 0.158. The van der Waals surface area contributed by atoms with Gasteiger partial charge in [-0.25, -0.2) is 0 Å². The summed E-state index contributed by atoms with van der Waals surface area (Å²) >= 11 is 0. The maximum atomic E-state index is 6.00. The summed E-state index contributed by atoms with van der Waals surface area (Å²) in [5.41, 5.74) is 6.55. The highest BCUT2D eigenvalue weighted by molar-refractivity contribution is 5.99. The van der Waals surface area contributed by atoms with Gasteiger partial charge < -0.3 is 9.30 Å². The Labute approximate surface area is 123 Å². The standard InChI is InChI=1S/C19H15NO/c1-20-11-15(12-5-3-2-4-6-12)13-7-8-14-16-9-10-17(21-16)18(14)19(13)20/h2-11,16-17H,1H3. The molecular formula is C19H15NO. The van der Waals surface area contributed by atoms with Crippen LogP contribution in [-0.2, 0) is 11.8 Å². The molecule has 3 heterocycles. The van der Waals surface area contributed by atoms with Crippen molar-refractivity contribution in [1.29, 1.82) is 0 Å². The smallest absolute Gasteiger partial charge is 0.104 e. The van der Waals surface area contributed by atoms with E-state index in [-0.39, 0.29) is 12.2 Å². The monoisotopic (exact) mass is 273 g/mol. The second kappa shape index (κ2) is 3.86. The Balaban J connectivity index is 1.84. The van der Waals surface area contributed by atoms with Crippen molar-refractivity contribution in [2.24, 2.45) is 7.05 Å². The third-order valence-corrected chi connectivity index (χ3v) is 4.65. The average molecular weight is 273 g/mol. The molecule has 3 aromatic rings. The van der Waals surface area contributed by atoms with Crippen LogP contribution in [-0.4, -0.2) is 4.57 Å². The molecule has 21 heavy (non-hydrogen) atoms. The van der Waals surface area contributed by atoms with Crippen molar-refractivity contribution in [2.75, 3.05) is 0 Å². The Kier molecular flexibility index (Phi) is 2.09. The first-order valence-corrected chi connectivity index (χ1v) is 7.34. The summed E-state index contributed by atoms with van der Waals surface area (Å²) in [7, 11) is 2.13. The zero-order valence-corrected chi connectivity index (χ0v) is 11.8. The Morgan fingerprint density at radius 3 is 2.62 bits per heavy atom. The Morgan fingerprint density at radius 1 is 0.952 bits per heavy atom. The minimum absolute atomic E-state index is 0.130. The second-order valence-electron chi connectivity index (χ2n) is 5.85. The van der Waals surface area contributed by atoms with Gasteiger partial charge in [-0.15, -0.1) is 0 Å². The van der Waals surface area contributed by atoms with E-state index in [1.54, 1.807) is 0 Å². The van der Waals surface area contributed by atoms with Crippen molar-refractivity contribution in [3.63, 3.8) is 0 Å². The number of aryl methyl sites for hydroxylation is 1. The molecule has 2 aliphatic heterocycles. The van der Waals surface area contributed by atoms with Gasteiger partial charge in [0.15, 0.2) is 0 Å². The fourth-order valence-corrected chi connectivity index (χ4v) is 3.74.